The van der Waals surface area contributed by atoms with Crippen LogP contribution in [0, 0.1) is 5.82 Å². The Hall–Kier alpha value is -2.64. The van der Waals surface area contributed by atoms with Crippen molar-refractivity contribution >= 4 is 22.9 Å². The topological polar surface area (TPSA) is 55.3 Å². The first-order valence-corrected chi connectivity index (χ1v) is 9.11. The Bertz CT molecular complexity index is 899. The molecular weight excluding hydrogens is 353 g/mol. The van der Waals surface area contributed by atoms with E-state index < -0.39 is 0 Å². The van der Waals surface area contributed by atoms with Crippen LogP contribution in [-0.4, -0.2) is 35.4 Å². The van der Waals surface area contributed by atoms with Crippen molar-refractivity contribution in [3.05, 3.63) is 76.1 Å². The number of morpholine rings is 1. The van der Waals surface area contributed by atoms with E-state index in [1.54, 1.807) is 42.0 Å². The van der Waals surface area contributed by atoms with Crippen molar-refractivity contribution < 1.29 is 13.9 Å². The van der Waals surface area contributed by atoms with Crippen molar-refractivity contribution in [2.75, 3.05) is 24.6 Å². The van der Waals surface area contributed by atoms with Gasteiger partial charge in [0.15, 0.2) is 5.01 Å². The third-order valence-corrected chi connectivity index (χ3v) is 5.04. The van der Waals surface area contributed by atoms with Crippen molar-refractivity contribution in [3.63, 3.8) is 0 Å². The van der Waals surface area contributed by atoms with Gasteiger partial charge in [-0.1, -0.05) is 12.1 Å². The van der Waals surface area contributed by atoms with Gasteiger partial charge < -0.3 is 9.64 Å². The molecule has 2 aromatic heterocycles. The van der Waals surface area contributed by atoms with E-state index in [2.05, 4.69) is 9.97 Å². The molecule has 5 nitrogen and oxygen atoms in total. The van der Waals surface area contributed by atoms with E-state index >= 15 is 0 Å². The number of hydrogen-bond donors (Lipinski definition) is 0. The lowest BCUT2D eigenvalue weighted by Gasteiger charge is -2.34. The van der Waals surface area contributed by atoms with Gasteiger partial charge in [0, 0.05) is 30.9 Å². The van der Waals surface area contributed by atoms with Gasteiger partial charge in [-0.3, -0.25) is 4.79 Å². The van der Waals surface area contributed by atoms with Gasteiger partial charge in [0.25, 0.3) is 0 Å². The molecule has 1 saturated heterocycles. The van der Waals surface area contributed by atoms with Crippen LogP contribution < -0.4 is 4.90 Å². The molecule has 26 heavy (non-hydrogen) atoms. The highest BCUT2D eigenvalue weighted by atomic mass is 32.1. The van der Waals surface area contributed by atoms with Crippen molar-refractivity contribution in [1.82, 2.24) is 9.97 Å². The highest BCUT2D eigenvalue weighted by molar-refractivity contribution is 7.11. The Morgan fingerprint density at radius 1 is 1.19 bits per heavy atom. The molecule has 3 aromatic rings. The minimum atomic E-state index is -0.275. The first kappa shape index (κ1) is 16.8. The molecule has 0 aliphatic carbocycles. The second kappa shape index (κ2) is 7.31. The number of ether oxygens (including phenoxy) is 1. The maximum absolute atomic E-state index is 13.2. The number of pyridine rings is 1. The average Bonchev–Trinajstić information content (AvgIpc) is 3.23. The van der Waals surface area contributed by atoms with Gasteiger partial charge in [-0.25, -0.2) is 14.4 Å². The van der Waals surface area contributed by atoms with Crippen LogP contribution >= 0.6 is 11.3 Å². The number of carbonyl (C=O) groups excluding carboxylic acids is 1. The summed E-state index contributed by atoms with van der Waals surface area (Å²) in [5.74, 6) is 0.221. The number of ketones is 1. The van der Waals surface area contributed by atoms with E-state index in [1.165, 1.54) is 23.5 Å². The van der Waals surface area contributed by atoms with E-state index in [1.807, 2.05) is 4.90 Å². The highest BCUT2D eigenvalue weighted by Gasteiger charge is 2.27. The van der Waals surface area contributed by atoms with Crippen LogP contribution in [0.1, 0.15) is 27.0 Å². The summed E-state index contributed by atoms with van der Waals surface area (Å²) in [5, 5.41) is 2.23. The minimum Gasteiger partial charge on any atom is -0.370 e. The molecule has 4 rings (SSSR count). The number of halogens is 1. The highest BCUT2D eigenvalue weighted by Crippen LogP contribution is 2.28. The Kier molecular flexibility index (Phi) is 4.73. The minimum absolute atomic E-state index is 0.132. The maximum Gasteiger partial charge on any atom is 0.225 e. The van der Waals surface area contributed by atoms with Crippen LogP contribution in [0.5, 0.6) is 0 Å². The summed E-state index contributed by atoms with van der Waals surface area (Å²) >= 11 is 1.31. The van der Waals surface area contributed by atoms with Crippen molar-refractivity contribution in [3.8, 4) is 0 Å². The number of hydrogen-bond acceptors (Lipinski definition) is 6. The molecule has 1 aliphatic rings. The summed E-state index contributed by atoms with van der Waals surface area (Å²) < 4.78 is 19.0. The summed E-state index contributed by atoms with van der Waals surface area (Å²) in [5.41, 5.74) is 1.43. The normalized spacial score (nSPS) is 17.3. The fraction of sp³-hybridized carbons (Fsp3) is 0.211. The fourth-order valence-corrected chi connectivity index (χ4v) is 3.59. The zero-order valence-corrected chi connectivity index (χ0v) is 14.7. The Labute approximate surface area is 154 Å². The third kappa shape index (κ3) is 3.36. The van der Waals surface area contributed by atoms with Crippen molar-refractivity contribution in [1.29, 1.82) is 0 Å². The SMILES string of the molecule is O=C(c1nccs1)c1cccnc1N1CCOC(c2ccc(F)cc2)C1. The van der Waals surface area contributed by atoms with Gasteiger partial charge in [-0.15, -0.1) is 11.3 Å². The molecule has 1 atom stereocenters. The summed E-state index contributed by atoms with van der Waals surface area (Å²) in [7, 11) is 0. The molecule has 3 heterocycles. The molecule has 132 valence electrons. The monoisotopic (exact) mass is 369 g/mol. The zero-order chi connectivity index (χ0) is 17.9. The van der Waals surface area contributed by atoms with Gasteiger partial charge >= 0.3 is 0 Å². The predicted molar refractivity (Wildman–Crippen MR) is 97.1 cm³/mol. The van der Waals surface area contributed by atoms with Gasteiger partial charge in [0.1, 0.15) is 17.7 Å². The third-order valence-electron chi connectivity index (χ3n) is 4.27. The van der Waals surface area contributed by atoms with E-state index in [4.69, 9.17) is 4.74 Å². The second-order valence-corrected chi connectivity index (χ2v) is 6.79. The molecule has 0 saturated carbocycles. The quantitative estimate of drug-likeness (QED) is 0.659. The van der Waals surface area contributed by atoms with Gasteiger partial charge in [0.2, 0.25) is 5.78 Å². The number of thiazole rings is 1. The van der Waals surface area contributed by atoms with Crippen LogP contribution in [0.2, 0.25) is 0 Å². The van der Waals surface area contributed by atoms with Crippen LogP contribution in [0.25, 0.3) is 0 Å². The van der Waals surface area contributed by atoms with Gasteiger partial charge in [-0.05, 0) is 29.8 Å². The standard InChI is InChI=1S/C19H16FN3O2S/c20-14-5-3-13(4-6-14)16-12-23(9-10-25-16)18-15(2-1-7-21-18)17(24)19-22-8-11-26-19/h1-8,11,16H,9-10,12H2. The number of nitrogens with zero attached hydrogens (tertiary/aromatic N) is 3. The van der Waals surface area contributed by atoms with Crippen LogP contribution in [0.15, 0.2) is 54.2 Å². The van der Waals surface area contributed by atoms with Crippen molar-refractivity contribution in [2.24, 2.45) is 0 Å². The molecule has 0 amide bonds. The molecule has 1 unspecified atom stereocenters. The second-order valence-electron chi connectivity index (χ2n) is 5.90. The van der Waals surface area contributed by atoms with E-state index in [-0.39, 0.29) is 17.7 Å². The smallest absolute Gasteiger partial charge is 0.225 e. The van der Waals surface area contributed by atoms with Crippen LogP contribution in [-0.2, 0) is 4.74 Å². The Morgan fingerprint density at radius 3 is 2.81 bits per heavy atom. The van der Waals surface area contributed by atoms with E-state index in [9.17, 15) is 9.18 Å². The summed E-state index contributed by atoms with van der Waals surface area (Å²) in [6.45, 7) is 1.68. The molecule has 7 heteroatoms. The van der Waals surface area contributed by atoms with Crippen molar-refractivity contribution in [2.45, 2.75) is 6.10 Å². The van der Waals surface area contributed by atoms with E-state index in [0.717, 1.165) is 5.56 Å². The number of aromatic nitrogens is 2. The lowest BCUT2D eigenvalue weighted by Crippen LogP contribution is -2.39. The Balaban J connectivity index is 1.61. The molecule has 0 spiro atoms. The summed E-state index contributed by atoms with van der Waals surface area (Å²) in [4.78, 5) is 23.4. The number of benzene rings is 1. The van der Waals surface area contributed by atoms with Gasteiger partial charge in [-0.2, -0.15) is 0 Å². The fourth-order valence-electron chi connectivity index (χ4n) is 3.00. The largest absolute Gasteiger partial charge is 0.370 e. The molecule has 0 bridgehead atoms. The van der Waals surface area contributed by atoms with Crippen LogP contribution in [0.3, 0.4) is 0 Å². The molecule has 1 fully saturated rings. The van der Waals surface area contributed by atoms with Crippen LogP contribution in [0.4, 0.5) is 10.2 Å². The molecule has 0 N–H and O–H groups in total. The summed E-state index contributed by atoms with van der Waals surface area (Å²) in [6, 6.07) is 9.83. The maximum atomic E-state index is 13.2. The average molecular weight is 369 g/mol. The molecular formula is C19H16FN3O2S. The first-order valence-electron chi connectivity index (χ1n) is 8.23. The first-order chi connectivity index (χ1) is 12.7. The molecule has 1 aromatic carbocycles. The summed E-state index contributed by atoms with van der Waals surface area (Å²) in [6.07, 6.45) is 3.10. The van der Waals surface area contributed by atoms with E-state index in [0.29, 0.717) is 36.1 Å². The molecule has 0 radical (unpaired) electrons. The lowest BCUT2D eigenvalue weighted by molar-refractivity contribution is 0.0394. The Morgan fingerprint density at radius 2 is 2.04 bits per heavy atom. The molecule has 1 aliphatic heterocycles. The zero-order valence-electron chi connectivity index (χ0n) is 13.8. The predicted octanol–water partition coefficient (Wildman–Crippen LogP) is 3.49. The number of anilines is 1. The lowest BCUT2D eigenvalue weighted by atomic mass is 10.1. The van der Waals surface area contributed by atoms with Gasteiger partial charge in [0.05, 0.1) is 12.2 Å². The number of rotatable bonds is 4. The number of carbonyl (C=O) groups is 1.